The Kier molecular flexibility index (Phi) is 11.9. The molecule has 0 aromatic carbocycles. The number of hydrogen-bond donors (Lipinski definition) is 1. The Balaban J connectivity index is 2.87. The van der Waals surface area contributed by atoms with E-state index in [-0.39, 0.29) is 3.79 Å². The zero-order valence-electron chi connectivity index (χ0n) is 7.22. The van der Waals surface area contributed by atoms with Gasteiger partial charge in [0.25, 0.3) is 0 Å². The maximum absolute atomic E-state index is 10.5. The van der Waals surface area contributed by atoms with Crippen LogP contribution in [-0.2, 0) is 14.3 Å². The van der Waals surface area contributed by atoms with E-state index in [2.05, 4.69) is 26.4 Å². The van der Waals surface area contributed by atoms with E-state index in [1.165, 1.54) is 0 Å². The zero-order valence-corrected chi connectivity index (χ0v) is 11.5. The number of nitrogens with one attached hydrogen (secondary N) is 1. The average Bonchev–Trinajstić information content (AvgIpc) is 2.09. The molecule has 0 fully saturated rings. The van der Waals surface area contributed by atoms with E-state index in [4.69, 9.17) is 9.47 Å². The topological polar surface area (TPSA) is 47.6 Å². The summed E-state index contributed by atoms with van der Waals surface area (Å²) in [5, 5.41) is 0. The van der Waals surface area contributed by atoms with Gasteiger partial charge in [-0.05, 0) is 22.6 Å². The van der Waals surface area contributed by atoms with Crippen molar-refractivity contribution < 1.29 is 14.3 Å². The van der Waals surface area contributed by atoms with Gasteiger partial charge in [-0.3, -0.25) is 8.32 Å². The summed E-state index contributed by atoms with van der Waals surface area (Å²) < 4.78 is 13.4. The van der Waals surface area contributed by atoms with E-state index in [1.54, 1.807) is 22.6 Å². The summed E-state index contributed by atoms with van der Waals surface area (Å²) in [6.45, 7) is 3.18. The largest absolute Gasteiger partial charge is 0.379 e. The first-order chi connectivity index (χ1) is 6.27. The van der Waals surface area contributed by atoms with Gasteiger partial charge >= 0.3 is 0 Å². The Morgan fingerprint density at radius 2 is 1.77 bits per heavy atom. The van der Waals surface area contributed by atoms with Crippen LogP contribution in [0.4, 0.5) is 0 Å². The van der Waals surface area contributed by atoms with E-state index in [0.717, 1.165) is 6.54 Å². The molecule has 0 aliphatic heterocycles. The van der Waals surface area contributed by atoms with Gasteiger partial charge in [0.05, 0.1) is 26.4 Å². The fourth-order valence-corrected chi connectivity index (χ4v) is 1.03. The second-order valence-electron chi connectivity index (χ2n) is 2.21. The minimum absolute atomic E-state index is 0.132. The fourth-order valence-electron chi connectivity index (χ4n) is 0.585. The number of carbonyl (C=O) groups excluding carboxylic acids is 1. The highest BCUT2D eigenvalue weighted by molar-refractivity contribution is 14.1. The first-order valence-electron chi connectivity index (χ1n) is 3.94. The normalized spacial score (nSPS) is 10.3. The Bertz CT molecular complexity index is 135. The second-order valence-corrected chi connectivity index (χ2v) is 4.18. The average molecular weight is 413 g/mol. The third kappa shape index (κ3) is 13.0. The summed E-state index contributed by atoms with van der Waals surface area (Å²) in [6.07, 6.45) is 0.482. The lowest BCUT2D eigenvalue weighted by molar-refractivity contribution is -0.110. The van der Waals surface area contributed by atoms with Crippen molar-refractivity contribution in [2.45, 2.75) is 6.42 Å². The molecule has 0 spiro atoms. The van der Waals surface area contributed by atoms with Crippen LogP contribution >= 0.6 is 45.5 Å². The van der Waals surface area contributed by atoms with Gasteiger partial charge in [0.15, 0.2) is 3.79 Å². The van der Waals surface area contributed by atoms with E-state index in [0.29, 0.717) is 32.8 Å². The van der Waals surface area contributed by atoms with E-state index >= 15 is 0 Å². The lowest BCUT2D eigenvalue weighted by Crippen LogP contribution is -2.12. The van der Waals surface area contributed by atoms with Crippen molar-refractivity contribution in [3.63, 3.8) is 0 Å². The maximum Gasteiger partial charge on any atom is 0.194 e. The van der Waals surface area contributed by atoms with Crippen LogP contribution in [0.15, 0.2) is 0 Å². The second kappa shape index (κ2) is 11.1. The Hall–Kier alpha value is 1.01. The third-order valence-corrected chi connectivity index (χ3v) is 2.23. The van der Waals surface area contributed by atoms with Crippen molar-refractivity contribution in [1.29, 1.82) is 0 Å². The van der Waals surface area contributed by atoms with Crippen LogP contribution in [0.2, 0.25) is 0 Å². The SMILES string of the molecule is O=C(I)CCOCCOCCNI. The summed E-state index contributed by atoms with van der Waals surface area (Å²) >= 11 is 3.83. The van der Waals surface area contributed by atoms with Crippen molar-refractivity contribution in [1.82, 2.24) is 3.53 Å². The van der Waals surface area contributed by atoms with Crippen LogP contribution in [0, 0.1) is 0 Å². The number of carbonyl (C=O) groups is 1. The molecule has 0 saturated carbocycles. The van der Waals surface area contributed by atoms with Crippen molar-refractivity contribution in [3.05, 3.63) is 0 Å². The van der Waals surface area contributed by atoms with E-state index in [1.807, 2.05) is 0 Å². The predicted molar refractivity (Wildman–Crippen MR) is 67.3 cm³/mol. The summed E-state index contributed by atoms with van der Waals surface area (Å²) in [4.78, 5) is 10.5. The molecule has 0 heterocycles. The molecule has 0 amide bonds. The highest BCUT2D eigenvalue weighted by atomic mass is 127. The summed E-state index contributed by atoms with van der Waals surface area (Å²) in [6, 6.07) is 0. The van der Waals surface area contributed by atoms with Crippen LogP contribution in [0.25, 0.3) is 0 Å². The molecule has 0 aliphatic rings. The summed E-state index contributed by atoms with van der Waals surface area (Å²) in [7, 11) is 0. The molecule has 0 bridgehead atoms. The molecular formula is C7H13I2NO3. The van der Waals surface area contributed by atoms with Gasteiger partial charge in [-0.15, -0.1) is 0 Å². The molecule has 0 aromatic heterocycles. The molecule has 0 aliphatic carbocycles. The van der Waals surface area contributed by atoms with Gasteiger partial charge in [-0.2, -0.15) is 0 Å². The van der Waals surface area contributed by atoms with Crippen molar-refractivity contribution >= 4 is 49.2 Å². The minimum atomic E-state index is 0.132. The molecule has 0 rings (SSSR count). The molecule has 1 N–H and O–H groups in total. The predicted octanol–water partition coefficient (Wildman–Crippen LogP) is 1.31. The maximum atomic E-state index is 10.5. The summed E-state index contributed by atoms with van der Waals surface area (Å²) in [5.41, 5.74) is 0. The van der Waals surface area contributed by atoms with E-state index in [9.17, 15) is 4.79 Å². The Morgan fingerprint density at radius 3 is 2.31 bits per heavy atom. The van der Waals surface area contributed by atoms with Crippen molar-refractivity contribution in [2.24, 2.45) is 0 Å². The molecule has 0 atom stereocenters. The molecule has 13 heavy (non-hydrogen) atoms. The molecule has 4 nitrogen and oxygen atoms in total. The van der Waals surface area contributed by atoms with Crippen LogP contribution in [0.3, 0.4) is 0 Å². The van der Waals surface area contributed by atoms with Crippen LogP contribution in [-0.4, -0.2) is 36.8 Å². The lowest BCUT2D eigenvalue weighted by Gasteiger charge is -2.03. The Morgan fingerprint density at radius 1 is 1.15 bits per heavy atom. The first kappa shape index (κ1) is 14.0. The van der Waals surface area contributed by atoms with Gasteiger partial charge in [-0.25, -0.2) is 0 Å². The zero-order chi connectivity index (χ0) is 9.94. The van der Waals surface area contributed by atoms with Gasteiger partial charge in [0, 0.05) is 35.8 Å². The molecule has 0 unspecified atom stereocenters. The van der Waals surface area contributed by atoms with Gasteiger partial charge in [-0.1, -0.05) is 0 Å². The third-order valence-electron chi connectivity index (χ3n) is 1.16. The minimum Gasteiger partial charge on any atom is -0.379 e. The van der Waals surface area contributed by atoms with E-state index < -0.39 is 0 Å². The standard InChI is InChI=1S/C7H13I2NO3/c8-7(11)1-3-12-5-6-13-4-2-10-9/h10H,1-6H2. The molecule has 78 valence electrons. The fraction of sp³-hybridized carbons (Fsp3) is 0.857. The highest BCUT2D eigenvalue weighted by Gasteiger charge is 1.94. The highest BCUT2D eigenvalue weighted by Crippen LogP contribution is 1.92. The molecular weight excluding hydrogens is 400 g/mol. The smallest absolute Gasteiger partial charge is 0.194 e. The quantitative estimate of drug-likeness (QED) is 0.268. The monoisotopic (exact) mass is 413 g/mol. The summed E-state index contributed by atoms with van der Waals surface area (Å²) in [5.74, 6) is 0. The van der Waals surface area contributed by atoms with Crippen molar-refractivity contribution in [2.75, 3.05) is 33.0 Å². The molecule has 0 saturated heterocycles. The van der Waals surface area contributed by atoms with Gasteiger partial charge in [0.1, 0.15) is 0 Å². The van der Waals surface area contributed by atoms with Gasteiger partial charge < -0.3 is 9.47 Å². The number of halogens is 2. The molecule has 6 heteroatoms. The van der Waals surface area contributed by atoms with Crippen LogP contribution in [0.1, 0.15) is 6.42 Å². The number of hydrogen-bond acceptors (Lipinski definition) is 4. The van der Waals surface area contributed by atoms with Crippen LogP contribution in [0.5, 0.6) is 0 Å². The number of rotatable bonds is 9. The van der Waals surface area contributed by atoms with Crippen LogP contribution < -0.4 is 3.53 Å². The lowest BCUT2D eigenvalue weighted by atomic mass is 10.5. The number of ether oxygens (including phenoxy) is 2. The van der Waals surface area contributed by atoms with Gasteiger partial charge in [0.2, 0.25) is 0 Å². The first-order valence-corrected chi connectivity index (χ1v) is 6.10. The Labute approximate surface area is 106 Å². The molecule has 0 radical (unpaired) electrons. The molecule has 0 aromatic rings. The van der Waals surface area contributed by atoms with Crippen molar-refractivity contribution in [3.8, 4) is 0 Å².